The molecule has 0 aliphatic rings. The van der Waals surface area contributed by atoms with Crippen molar-refractivity contribution in [1.29, 1.82) is 0 Å². The van der Waals surface area contributed by atoms with E-state index in [1.165, 1.54) is 14.4 Å². The Morgan fingerprint density at radius 2 is 2.10 bits per heavy atom. The molecule has 0 aliphatic carbocycles. The summed E-state index contributed by atoms with van der Waals surface area (Å²) < 4.78 is 1.34. The Bertz CT molecular complexity index is 233. The van der Waals surface area contributed by atoms with Crippen LogP contribution in [0.2, 0.25) is 0 Å². The second-order valence-electron chi connectivity index (χ2n) is 2.21. The van der Waals surface area contributed by atoms with Gasteiger partial charge in [-0.15, -0.1) is 0 Å². The monoisotopic (exact) mass is 264 g/mol. The zero-order valence-corrected chi connectivity index (χ0v) is 9.27. The van der Waals surface area contributed by atoms with Crippen molar-refractivity contribution in [2.75, 3.05) is 6.66 Å². The number of halogens is 1. The number of hydrogen-bond donors (Lipinski definition) is 0. The molecular formula is C8H10IP. The molecule has 10 heavy (non-hydrogen) atoms. The molecule has 0 radical (unpaired) electrons. The summed E-state index contributed by atoms with van der Waals surface area (Å²) in [4.78, 5) is 0. The highest BCUT2D eigenvalue weighted by atomic mass is 127. The van der Waals surface area contributed by atoms with Gasteiger partial charge < -0.3 is 0 Å². The predicted molar refractivity (Wildman–Crippen MR) is 57.8 cm³/mol. The van der Waals surface area contributed by atoms with Gasteiger partial charge in [0.1, 0.15) is 0 Å². The first-order valence-electron chi connectivity index (χ1n) is 3.18. The third-order valence-corrected chi connectivity index (χ3v) is 3.22. The Labute approximate surface area is 77.3 Å². The van der Waals surface area contributed by atoms with Gasteiger partial charge in [0.05, 0.1) is 0 Å². The third kappa shape index (κ3) is 1.93. The van der Waals surface area contributed by atoms with Gasteiger partial charge in [0.25, 0.3) is 0 Å². The molecular weight excluding hydrogens is 254 g/mol. The minimum atomic E-state index is 0.920. The van der Waals surface area contributed by atoms with Gasteiger partial charge in [-0.1, -0.05) is 14.6 Å². The molecule has 0 nitrogen and oxygen atoms in total. The van der Waals surface area contributed by atoms with E-state index in [1.54, 1.807) is 0 Å². The second kappa shape index (κ2) is 3.68. The summed E-state index contributed by atoms with van der Waals surface area (Å²) in [5.74, 6) is 0. The van der Waals surface area contributed by atoms with Crippen molar-refractivity contribution in [3.63, 3.8) is 0 Å². The summed E-state index contributed by atoms with van der Waals surface area (Å²) in [6.45, 7) is 4.39. The molecule has 1 unspecified atom stereocenters. The van der Waals surface area contributed by atoms with Crippen LogP contribution in [0.1, 0.15) is 5.56 Å². The molecule has 0 N–H and O–H groups in total. The van der Waals surface area contributed by atoms with Gasteiger partial charge in [-0.3, -0.25) is 0 Å². The minimum absolute atomic E-state index is 0.920. The van der Waals surface area contributed by atoms with Crippen LogP contribution < -0.4 is 5.30 Å². The molecule has 1 aromatic rings. The maximum absolute atomic E-state index is 2.35. The summed E-state index contributed by atoms with van der Waals surface area (Å²) in [5.41, 5.74) is 1.42. The van der Waals surface area contributed by atoms with Crippen molar-refractivity contribution in [3.8, 4) is 0 Å². The molecule has 2 heteroatoms. The first-order chi connectivity index (χ1) is 4.74. The fraction of sp³-hybridized carbons (Fsp3) is 0.250. The van der Waals surface area contributed by atoms with Crippen LogP contribution in [0.5, 0.6) is 0 Å². The fourth-order valence-electron chi connectivity index (χ4n) is 0.864. The molecule has 0 amide bonds. The van der Waals surface area contributed by atoms with Crippen molar-refractivity contribution in [2.45, 2.75) is 6.92 Å². The summed E-state index contributed by atoms with van der Waals surface area (Å²) in [6, 6.07) is 6.60. The Hall–Kier alpha value is 0.380. The van der Waals surface area contributed by atoms with Crippen LogP contribution in [-0.4, -0.2) is 6.66 Å². The van der Waals surface area contributed by atoms with Gasteiger partial charge in [-0.05, 0) is 59.2 Å². The van der Waals surface area contributed by atoms with Gasteiger partial charge in [0.2, 0.25) is 0 Å². The highest BCUT2D eigenvalue weighted by Gasteiger charge is 1.94. The molecule has 0 spiro atoms. The summed E-state index contributed by atoms with van der Waals surface area (Å²) >= 11 is 2.35. The smallest absolute Gasteiger partial charge is 0.0136 e. The fourth-order valence-corrected chi connectivity index (χ4v) is 2.43. The van der Waals surface area contributed by atoms with E-state index < -0.39 is 0 Å². The van der Waals surface area contributed by atoms with Gasteiger partial charge in [0.15, 0.2) is 0 Å². The summed E-state index contributed by atoms with van der Waals surface area (Å²) in [6.07, 6.45) is 0. The molecule has 1 atom stereocenters. The number of aryl methyl sites for hydroxylation is 1. The number of hydrogen-bond acceptors (Lipinski definition) is 0. The van der Waals surface area contributed by atoms with E-state index in [2.05, 4.69) is 54.4 Å². The predicted octanol–water partition coefficient (Wildman–Crippen LogP) is 2.53. The average molecular weight is 264 g/mol. The largest absolute Gasteiger partial charge is 0.0933 e. The summed E-state index contributed by atoms with van der Waals surface area (Å²) in [5, 5.41) is 1.49. The molecule has 54 valence electrons. The lowest BCUT2D eigenvalue weighted by molar-refractivity contribution is 1.50. The van der Waals surface area contributed by atoms with Crippen LogP contribution in [0.4, 0.5) is 0 Å². The zero-order chi connectivity index (χ0) is 7.56. The third-order valence-electron chi connectivity index (χ3n) is 1.47. The first-order valence-corrected chi connectivity index (χ1v) is 5.76. The average Bonchev–Trinajstić information content (AvgIpc) is 1.94. The topological polar surface area (TPSA) is 0 Å². The molecule has 0 saturated heterocycles. The van der Waals surface area contributed by atoms with Gasteiger partial charge in [0, 0.05) is 3.57 Å². The van der Waals surface area contributed by atoms with Gasteiger partial charge >= 0.3 is 0 Å². The first kappa shape index (κ1) is 8.48. The molecule has 0 bridgehead atoms. The molecule has 1 aromatic carbocycles. The van der Waals surface area contributed by atoms with Crippen LogP contribution in [0.3, 0.4) is 0 Å². The Kier molecular flexibility index (Phi) is 3.12. The van der Waals surface area contributed by atoms with Gasteiger partial charge in [-0.2, -0.15) is 0 Å². The standard InChI is InChI=1S/C8H10IP/c1-6-3-4-7(9)5-8(6)10-2/h3-5,10H,1-2H3. The van der Waals surface area contributed by atoms with E-state index in [9.17, 15) is 0 Å². The van der Waals surface area contributed by atoms with E-state index in [0.29, 0.717) is 0 Å². The van der Waals surface area contributed by atoms with E-state index in [0.717, 1.165) is 8.58 Å². The Morgan fingerprint density at radius 3 is 2.60 bits per heavy atom. The van der Waals surface area contributed by atoms with Crippen LogP contribution in [0.25, 0.3) is 0 Å². The van der Waals surface area contributed by atoms with Crippen LogP contribution in [-0.2, 0) is 0 Å². The molecule has 0 aliphatic heterocycles. The Morgan fingerprint density at radius 1 is 1.40 bits per heavy atom. The zero-order valence-electron chi connectivity index (χ0n) is 6.11. The van der Waals surface area contributed by atoms with Crippen molar-refractivity contribution < 1.29 is 0 Å². The van der Waals surface area contributed by atoms with Crippen LogP contribution >= 0.6 is 31.2 Å². The highest BCUT2D eigenvalue weighted by molar-refractivity contribution is 14.1. The molecule has 1 rings (SSSR count). The van der Waals surface area contributed by atoms with Gasteiger partial charge in [-0.25, -0.2) is 0 Å². The van der Waals surface area contributed by atoms with E-state index in [-0.39, 0.29) is 0 Å². The molecule has 0 saturated carbocycles. The molecule has 0 fully saturated rings. The second-order valence-corrected chi connectivity index (χ2v) is 4.49. The lowest BCUT2D eigenvalue weighted by atomic mass is 10.2. The lowest BCUT2D eigenvalue weighted by Crippen LogP contribution is -1.98. The van der Waals surface area contributed by atoms with Crippen molar-refractivity contribution >= 4 is 36.5 Å². The highest BCUT2D eigenvalue weighted by Crippen LogP contribution is 2.11. The normalized spacial score (nSPS) is 11.1. The van der Waals surface area contributed by atoms with Crippen molar-refractivity contribution in [1.82, 2.24) is 0 Å². The number of benzene rings is 1. The number of rotatable bonds is 1. The van der Waals surface area contributed by atoms with E-state index >= 15 is 0 Å². The van der Waals surface area contributed by atoms with Crippen molar-refractivity contribution in [3.05, 3.63) is 27.3 Å². The molecule has 0 heterocycles. The van der Waals surface area contributed by atoms with Crippen LogP contribution in [0, 0.1) is 10.5 Å². The lowest BCUT2D eigenvalue weighted by Gasteiger charge is -2.01. The molecule has 0 aromatic heterocycles. The minimum Gasteiger partial charge on any atom is -0.0933 e. The van der Waals surface area contributed by atoms with Crippen LogP contribution in [0.15, 0.2) is 18.2 Å². The Balaban J connectivity index is 3.09. The maximum Gasteiger partial charge on any atom is 0.0136 e. The summed E-state index contributed by atoms with van der Waals surface area (Å²) in [7, 11) is 0.920. The van der Waals surface area contributed by atoms with Crippen molar-refractivity contribution in [2.24, 2.45) is 0 Å². The van der Waals surface area contributed by atoms with E-state index in [4.69, 9.17) is 0 Å². The SMILES string of the molecule is CPc1cc(I)ccc1C. The van der Waals surface area contributed by atoms with E-state index in [1.807, 2.05) is 0 Å². The maximum atomic E-state index is 2.35. The quantitative estimate of drug-likeness (QED) is 0.540.